The molecule has 0 spiro atoms. The molecule has 4 rings (SSSR count). The Labute approximate surface area is 182 Å². The summed E-state index contributed by atoms with van der Waals surface area (Å²) in [6.45, 7) is 4.89. The molecule has 1 aromatic heterocycles. The molecule has 1 aliphatic rings. The van der Waals surface area contributed by atoms with Crippen LogP contribution >= 0.6 is 0 Å². The topological polar surface area (TPSA) is 84.3 Å². The van der Waals surface area contributed by atoms with Crippen molar-refractivity contribution >= 4 is 21.7 Å². The number of nitrogens with zero attached hydrogens (tertiary/aromatic N) is 3. The average molecular weight is 439 g/mol. The lowest BCUT2D eigenvalue weighted by atomic mass is 10.0. The van der Waals surface area contributed by atoms with Crippen molar-refractivity contribution in [3.05, 3.63) is 77.5 Å². The van der Waals surface area contributed by atoms with Crippen molar-refractivity contribution < 1.29 is 13.2 Å². The summed E-state index contributed by atoms with van der Waals surface area (Å²) in [5, 5.41) is 7.12. The Morgan fingerprint density at radius 3 is 2.52 bits per heavy atom. The van der Waals surface area contributed by atoms with Gasteiger partial charge in [-0.3, -0.25) is 4.79 Å². The quantitative estimate of drug-likeness (QED) is 0.633. The van der Waals surface area contributed by atoms with Gasteiger partial charge < -0.3 is 5.32 Å². The predicted octanol–water partition coefficient (Wildman–Crippen LogP) is 3.85. The zero-order valence-electron chi connectivity index (χ0n) is 17.7. The first-order chi connectivity index (χ1) is 14.9. The first-order valence-electron chi connectivity index (χ1n) is 10.4. The highest BCUT2D eigenvalue weighted by Gasteiger charge is 2.28. The van der Waals surface area contributed by atoms with Gasteiger partial charge in [-0.2, -0.15) is 9.40 Å². The number of aromatic nitrogens is 2. The van der Waals surface area contributed by atoms with Gasteiger partial charge in [-0.25, -0.2) is 13.1 Å². The van der Waals surface area contributed by atoms with Gasteiger partial charge >= 0.3 is 0 Å². The molecule has 7 nitrogen and oxygen atoms in total. The number of carbonyl (C=O) groups excluding carboxylic acids is 1. The number of carbonyl (C=O) groups is 1. The van der Waals surface area contributed by atoms with E-state index < -0.39 is 10.0 Å². The van der Waals surface area contributed by atoms with Crippen LogP contribution in [-0.4, -0.2) is 35.0 Å². The van der Waals surface area contributed by atoms with Gasteiger partial charge in [-0.1, -0.05) is 31.2 Å². The van der Waals surface area contributed by atoms with Gasteiger partial charge in [-0.15, -0.1) is 0 Å². The van der Waals surface area contributed by atoms with Gasteiger partial charge in [0, 0.05) is 24.7 Å². The van der Waals surface area contributed by atoms with Crippen LogP contribution in [0.5, 0.6) is 0 Å². The van der Waals surface area contributed by atoms with E-state index in [1.807, 2.05) is 31.2 Å². The molecule has 1 atom stereocenters. The van der Waals surface area contributed by atoms with Crippen molar-refractivity contribution in [3.63, 3.8) is 0 Å². The summed E-state index contributed by atoms with van der Waals surface area (Å²) >= 11 is 0. The Balaban J connectivity index is 1.49. The van der Waals surface area contributed by atoms with Crippen molar-refractivity contribution in [3.8, 4) is 0 Å². The standard InChI is InChI=1S/C23H26N4O3S/c1-3-17(2)27-22(12-14-24-27)25-23(28)19-8-10-21(11-9-19)31(29,30)26-15-13-18-6-4-5-7-20(18)16-26/h4-12,14,17H,3,13,15-16H2,1-2H3,(H,25,28). The van der Waals surface area contributed by atoms with Crippen molar-refractivity contribution in [2.24, 2.45) is 0 Å². The summed E-state index contributed by atoms with van der Waals surface area (Å²) in [6.07, 6.45) is 3.23. The van der Waals surface area contributed by atoms with Gasteiger partial charge in [-0.05, 0) is 55.2 Å². The molecule has 8 heteroatoms. The van der Waals surface area contributed by atoms with Crippen molar-refractivity contribution in [1.29, 1.82) is 0 Å². The lowest BCUT2D eigenvalue weighted by Gasteiger charge is -2.28. The Kier molecular flexibility index (Phi) is 5.93. The molecule has 1 amide bonds. The number of sulfonamides is 1. The number of amides is 1. The molecule has 31 heavy (non-hydrogen) atoms. The maximum atomic E-state index is 13.1. The Hall–Kier alpha value is -2.97. The molecule has 2 aromatic carbocycles. The Bertz CT molecular complexity index is 1190. The zero-order chi connectivity index (χ0) is 22.0. The summed E-state index contributed by atoms with van der Waals surface area (Å²) < 4.78 is 29.5. The van der Waals surface area contributed by atoms with E-state index >= 15 is 0 Å². The molecule has 0 fully saturated rings. The SMILES string of the molecule is CCC(C)n1nccc1NC(=O)c1ccc(S(=O)(=O)N2CCc3ccccc3C2)cc1. The van der Waals surface area contributed by atoms with Crippen LogP contribution in [0, 0.1) is 0 Å². The van der Waals surface area contributed by atoms with Crippen LogP contribution < -0.4 is 5.32 Å². The molecule has 3 aromatic rings. The first-order valence-corrected chi connectivity index (χ1v) is 11.9. The highest BCUT2D eigenvalue weighted by molar-refractivity contribution is 7.89. The van der Waals surface area contributed by atoms with Gasteiger partial charge in [0.2, 0.25) is 10.0 Å². The second-order valence-electron chi connectivity index (χ2n) is 7.75. The second kappa shape index (κ2) is 8.64. The Morgan fingerprint density at radius 2 is 1.81 bits per heavy atom. The van der Waals surface area contributed by atoms with Gasteiger partial charge in [0.1, 0.15) is 5.82 Å². The molecule has 2 heterocycles. The first kappa shape index (κ1) is 21.3. The number of nitrogens with one attached hydrogen (secondary N) is 1. The molecule has 0 saturated heterocycles. The van der Waals surface area contributed by atoms with E-state index in [9.17, 15) is 13.2 Å². The monoisotopic (exact) mass is 438 g/mol. The predicted molar refractivity (Wildman–Crippen MR) is 119 cm³/mol. The van der Waals surface area contributed by atoms with Crippen LogP contribution in [0.4, 0.5) is 5.82 Å². The minimum Gasteiger partial charge on any atom is -0.307 e. The lowest BCUT2D eigenvalue weighted by Crippen LogP contribution is -2.35. The molecule has 1 aliphatic heterocycles. The third-order valence-corrected chi connectivity index (χ3v) is 7.63. The minimum atomic E-state index is -3.63. The average Bonchev–Trinajstić information content (AvgIpc) is 3.26. The van der Waals surface area contributed by atoms with Crippen molar-refractivity contribution in [2.75, 3.05) is 11.9 Å². The molecule has 0 saturated carbocycles. The summed E-state index contributed by atoms with van der Waals surface area (Å²) in [7, 11) is -3.63. The van der Waals surface area contributed by atoms with E-state index in [-0.39, 0.29) is 16.8 Å². The maximum Gasteiger partial charge on any atom is 0.256 e. The molecule has 0 radical (unpaired) electrons. The van der Waals surface area contributed by atoms with Crippen LogP contribution in [-0.2, 0) is 23.0 Å². The van der Waals surface area contributed by atoms with E-state index in [4.69, 9.17) is 0 Å². The van der Waals surface area contributed by atoms with E-state index in [0.717, 1.165) is 12.0 Å². The third-order valence-electron chi connectivity index (χ3n) is 5.77. The Morgan fingerprint density at radius 1 is 1.10 bits per heavy atom. The molecule has 0 bridgehead atoms. The molecule has 1 unspecified atom stereocenters. The van der Waals surface area contributed by atoms with Crippen LogP contribution in [0.2, 0.25) is 0 Å². The second-order valence-corrected chi connectivity index (χ2v) is 9.69. The fourth-order valence-electron chi connectivity index (χ4n) is 3.73. The minimum absolute atomic E-state index is 0.160. The highest BCUT2D eigenvalue weighted by atomic mass is 32.2. The van der Waals surface area contributed by atoms with E-state index in [1.165, 1.54) is 22.0 Å². The number of rotatable bonds is 6. The number of hydrogen-bond donors (Lipinski definition) is 1. The van der Waals surface area contributed by atoms with E-state index in [0.29, 0.717) is 30.9 Å². The molecule has 1 N–H and O–H groups in total. The molecular weight excluding hydrogens is 412 g/mol. The van der Waals surface area contributed by atoms with Crippen LogP contribution in [0.15, 0.2) is 65.7 Å². The van der Waals surface area contributed by atoms with Crippen LogP contribution in [0.1, 0.15) is 47.8 Å². The van der Waals surface area contributed by atoms with Crippen molar-refractivity contribution in [2.45, 2.75) is 44.2 Å². The number of hydrogen-bond acceptors (Lipinski definition) is 4. The summed E-state index contributed by atoms with van der Waals surface area (Å²) in [5.41, 5.74) is 2.61. The largest absolute Gasteiger partial charge is 0.307 e. The number of fused-ring (bicyclic) bond motifs is 1. The summed E-state index contributed by atoms with van der Waals surface area (Å²) in [5.74, 6) is 0.309. The third kappa shape index (κ3) is 4.26. The molecule has 162 valence electrons. The van der Waals surface area contributed by atoms with Crippen LogP contribution in [0.3, 0.4) is 0 Å². The zero-order valence-corrected chi connectivity index (χ0v) is 18.5. The van der Waals surface area contributed by atoms with E-state index in [1.54, 1.807) is 29.1 Å². The van der Waals surface area contributed by atoms with E-state index in [2.05, 4.69) is 17.3 Å². The number of anilines is 1. The lowest BCUT2D eigenvalue weighted by molar-refractivity contribution is 0.102. The fraction of sp³-hybridized carbons (Fsp3) is 0.304. The fourth-order valence-corrected chi connectivity index (χ4v) is 5.15. The van der Waals surface area contributed by atoms with Gasteiger partial charge in [0.15, 0.2) is 0 Å². The maximum absolute atomic E-state index is 13.1. The number of benzene rings is 2. The summed E-state index contributed by atoms with van der Waals surface area (Å²) in [4.78, 5) is 12.9. The van der Waals surface area contributed by atoms with Crippen LogP contribution in [0.25, 0.3) is 0 Å². The van der Waals surface area contributed by atoms with Gasteiger partial charge in [0.05, 0.1) is 17.1 Å². The smallest absolute Gasteiger partial charge is 0.256 e. The molecule has 0 aliphatic carbocycles. The molecular formula is C23H26N4O3S. The highest BCUT2D eigenvalue weighted by Crippen LogP contribution is 2.25. The van der Waals surface area contributed by atoms with Crippen molar-refractivity contribution in [1.82, 2.24) is 14.1 Å². The van der Waals surface area contributed by atoms with Gasteiger partial charge in [0.25, 0.3) is 5.91 Å². The summed E-state index contributed by atoms with van der Waals surface area (Å²) in [6, 6.07) is 15.9. The normalized spacial score (nSPS) is 15.3.